The summed E-state index contributed by atoms with van der Waals surface area (Å²) in [6.45, 7) is 0. The van der Waals surface area contributed by atoms with Gasteiger partial charge in [-0.05, 0) is 0 Å². The molecule has 12 heavy (non-hydrogen) atoms. The van der Waals surface area contributed by atoms with Crippen molar-refractivity contribution in [2.75, 3.05) is 0 Å². The maximum atomic E-state index is 10.4. The van der Waals surface area contributed by atoms with Gasteiger partial charge in [-0.3, -0.25) is 4.40 Å². The van der Waals surface area contributed by atoms with E-state index in [0.717, 1.165) is 0 Å². The van der Waals surface area contributed by atoms with E-state index in [1.807, 2.05) is 0 Å². The second kappa shape index (κ2) is 2.26. The highest BCUT2D eigenvalue weighted by Gasteiger charge is 2.08. The quantitative estimate of drug-likeness (QED) is 0.632. The summed E-state index contributed by atoms with van der Waals surface area (Å²) < 4.78 is 1.50. The van der Waals surface area contributed by atoms with Crippen molar-refractivity contribution in [2.24, 2.45) is 0 Å². The van der Waals surface area contributed by atoms with Crippen LogP contribution in [0.25, 0.3) is 5.78 Å². The largest absolute Gasteiger partial charge is 0.476 e. The van der Waals surface area contributed by atoms with Crippen molar-refractivity contribution in [3.8, 4) is 0 Å². The van der Waals surface area contributed by atoms with E-state index >= 15 is 0 Å². The minimum absolute atomic E-state index is 0.0319. The lowest BCUT2D eigenvalue weighted by Gasteiger charge is -1.84. The SMILES string of the molecule is O=C(O)c1cn2ccnnc2n1. The molecule has 2 aromatic rings. The van der Waals surface area contributed by atoms with Crippen LogP contribution in [-0.2, 0) is 0 Å². The van der Waals surface area contributed by atoms with Gasteiger partial charge in [-0.15, -0.1) is 5.10 Å². The number of nitrogens with zero attached hydrogens (tertiary/aromatic N) is 4. The number of hydrogen-bond acceptors (Lipinski definition) is 4. The van der Waals surface area contributed by atoms with Crippen LogP contribution >= 0.6 is 0 Å². The van der Waals surface area contributed by atoms with Crippen LogP contribution in [0.15, 0.2) is 18.6 Å². The van der Waals surface area contributed by atoms with E-state index in [1.165, 1.54) is 16.8 Å². The molecule has 60 valence electrons. The molecule has 0 amide bonds. The molecule has 0 saturated carbocycles. The van der Waals surface area contributed by atoms with E-state index in [0.29, 0.717) is 0 Å². The normalized spacial score (nSPS) is 10.3. The van der Waals surface area contributed by atoms with Crippen molar-refractivity contribution in [3.63, 3.8) is 0 Å². The molecule has 0 aliphatic heterocycles. The molecule has 0 fully saturated rings. The Labute approximate surface area is 66.5 Å². The molecule has 0 unspecified atom stereocenters. The van der Waals surface area contributed by atoms with Crippen LogP contribution < -0.4 is 0 Å². The van der Waals surface area contributed by atoms with Crippen LogP contribution in [0.2, 0.25) is 0 Å². The van der Waals surface area contributed by atoms with Crippen molar-refractivity contribution in [1.82, 2.24) is 19.6 Å². The van der Waals surface area contributed by atoms with Gasteiger partial charge < -0.3 is 5.11 Å². The number of aromatic nitrogens is 4. The number of carboxylic acid groups (broad SMARTS) is 1. The third-order valence-corrected chi connectivity index (χ3v) is 1.37. The van der Waals surface area contributed by atoms with E-state index in [1.54, 1.807) is 6.20 Å². The summed E-state index contributed by atoms with van der Waals surface area (Å²) in [6.07, 6.45) is 4.43. The van der Waals surface area contributed by atoms with Gasteiger partial charge in [-0.2, -0.15) is 5.10 Å². The first kappa shape index (κ1) is 6.71. The number of fused-ring (bicyclic) bond motifs is 1. The fraction of sp³-hybridized carbons (Fsp3) is 0. The minimum Gasteiger partial charge on any atom is -0.476 e. The zero-order chi connectivity index (χ0) is 8.55. The first-order valence-electron chi connectivity index (χ1n) is 3.17. The van der Waals surface area contributed by atoms with Gasteiger partial charge in [0.1, 0.15) is 0 Å². The second-order valence-electron chi connectivity index (χ2n) is 2.15. The number of imidazole rings is 1. The molecule has 2 aromatic heterocycles. The van der Waals surface area contributed by atoms with Crippen molar-refractivity contribution < 1.29 is 9.90 Å². The molecule has 0 atom stereocenters. The average Bonchev–Trinajstić information content (AvgIpc) is 2.46. The summed E-state index contributed by atoms with van der Waals surface area (Å²) in [4.78, 5) is 14.1. The van der Waals surface area contributed by atoms with Crippen molar-refractivity contribution in [1.29, 1.82) is 0 Å². The van der Waals surface area contributed by atoms with E-state index in [4.69, 9.17) is 5.11 Å². The van der Waals surface area contributed by atoms with Crippen LogP contribution in [0.3, 0.4) is 0 Å². The number of carboxylic acids is 1. The molecular formula is C6H4N4O2. The molecule has 0 spiro atoms. The van der Waals surface area contributed by atoms with Gasteiger partial charge >= 0.3 is 5.97 Å². The Balaban J connectivity index is 2.70. The summed E-state index contributed by atoms with van der Waals surface area (Å²) >= 11 is 0. The summed E-state index contributed by atoms with van der Waals surface area (Å²) in [6, 6.07) is 0. The Kier molecular flexibility index (Phi) is 1.26. The number of rotatable bonds is 1. The highest BCUT2D eigenvalue weighted by molar-refractivity contribution is 5.85. The minimum atomic E-state index is -1.07. The Morgan fingerprint density at radius 1 is 1.58 bits per heavy atom. The van der Waals surface area contributed by atoms with E-state index in [9.17, 15) is 4.79 Å². The first-order chi connectivity index (χ1) is 5.77. The standard InChI is InChI=1S/C6H4N4O2/c11-5(12)4-3-10-2-1-7-9-6(10)8-4/h1-3H,(H,11,12). The molecule has 0 aromatic carbocycles. The number of carbonyl (C=O) groups is 1. The molecule has 0 aliphatic rings. The van der Waals surface area contributed by atoms with Crippen LogP contribution in [0.5, 0.6) is 0 Å². The Morgan fingerprint density at radius 3 is 3.08 bits per heavy atom. The predicted octanol–water partition coefficient (Wildman–Crippen LogP) is -0.177. The monoisotopic (exact) mass is 164 g/mol. The van der Waals surface area contributed by atoms with E-state index in [-0.39, 0.29) is 11.5 Å². The molecule has 0 radical (unpaired) electrons. The topological polar surface area (TPSA) is 80.4 Å². The Morgan fingerprint density at radius 2 is 2.42 bits per heavy atom. The third-order valence-electron chi connectivity index (χ3n) is 1.37. The molecule has 2 rings (SSSR count). The predicted molar refractivity (Wildman–Crippen MR) is 37.7 cm³/mol. The van der Waals surface area contributed by atoms with Crippen LogP contribution in [0, 0.1) is 0 Å². The number of hydrogen-bond donors (Lipinski definition) is 1. The molecular weight excluding hydrogens is 160 g/mol. The average molecular weight is 164 g/mol. The molecule has 0 aliphatic carbocycles. The molecule has 6 heteroatoms. The van der Waals surface area contributed by atoms with Gasteiger partial charge in [0.15, 0.2) is 5.69 Å². The number of aromatic carboxylic acids is 1. The lowest BCUT2D eigenvalue weighted by molar-refractivity contribution is 0.0691. The maximum absolute atomic E-state index is 10.4. The van der Waals surface area contributed by atoms with Gasteiger partial charge in [0.05, 0.1) is 6.20 Å². The van der Waals surface area contributed by atoms with Crippen molar-refractivity contribution in [2.45, 2.75) is 0 Å². The summed E-state index contributed by atoms with van der Waals surface area (Å²) in [5, 5.41) is 15.7. The fourth-order valence-electron chi connectivity index (χ4n) is 0.857. The van der Waals surface area contributed by atoms with Crippen LogP contribution in [-0.4, -0.2) is 30.7 Å². The lowest BCUT2D eigenvalue weighted by atomic mass is 10.5. The summed E-state index contributed by atoms with van der Waals surface area (Å²) in [5.74, 6) is -0.782. The summed E-state index contributed by atoms with van der Waals surface area (Å²) in [7, 11) is 0. The maximum Gasteiger partial charge on any atom is 0.356 e. The van der Waals surface area contributed by atoms with Crippen molar-refractivity contribution >= 4 is 11.7 Å². The Hall–Kier alpha value is -1.98. The smallest absolute Gasteiger partial charge is 0.356 e. The third kappa shape index (κ3) is 0.895. The zero-order valence-electron chi connectivity index (χ0n) is 5.88. The zero-order valence-corrected chi connectivity index (χ0v) is 5.88. The molecule has 2 heterocycles. The fourth-order valence-corrected chi connectivity index (χ4v) is 0.857. The molecule has 0 saturated heterocycles. The highest BCUT2D eigenvalue weighted by Crippen LogP contribution is 1.99. The molecule has 0 bridgehead atoms. The molecule has 6 nitrogen and oxygen atoms in total. The van der Waals surface area contributed by atoms with Gasteiger partial charge in [0, 0.05) is 12.4 Å². The van der Waals surface area contributed by atoms with Crippen LogP contribution in [0.1, 0.15) is 10.5 Å². The Bertz CT molecular complexity index is 403. The van der Waals surface area contributed by atoms with E-state index < -0.39 is 5.97 Å². The van der Waals surface area contributed by atoms with Crippen molar-refractivity contribution in [3.05, 3.63) is 24.3 Å². The second-order valence-corrected chi connectivity index (χ2v) is 2.15. The van der Waals surface area contributed by atoms with Gasteiger partial charge in [-0.1, -0.05) is 0 Å². The molecule has 1 N–H and O–H groups in total. The van der Waals surface area contributed by atoms with Gasteiger partial charge in [0.25, 0.3) is 5.78 Å². The van der Waals surface area contributed by atoms with Gasteiger partial charge in [0.2, 0.25) is 0 Å². The van der Waals surface area contributed by atoms with Crippen LogP contribution in [0.4, 0.5) is 0 Å². The lowest BCUT2D eigenvalue weighted by Crippen LogP contribution is -1.95. The summed E-state index contributed by atoms with van der Waals surface area (Å²) in [5.41, 5.74) is -0.0319. The first-order valence-corrected chi connectivity index (χ1v) is 3.17. The van der Waals surface area contributed by atoms with E-state index in [2.05, 4.69) is 15.2 Å². The highest BCUT2D eigenvalue weighted by atomic mass is 16.4. The van der Waals surface area contributed by atoms with Gasteiger partial charge in [-0.25, -0.2) is 9.78 Å².